The van der Waals surface area contributed by atoms with E-state index in [0.717, 1.165) is 33.5 Å². The summed E-state index contributed by atoms with van der Waals surface area (Å²) in [4.78, 5) is 80.0. The number of aromatic nitrogens is 1. The number of benzene rings is 4. The summed E-state index contributed by atoms with van der Waals surface area (Å²) in [6.45, 7) is 3.97. The van der Waals surface area contributed by atoms with Crippen molar-refractivity contribution in [2.24, 2.45) is 11.8 Å². The lowest BCUT2D eigenvalue weighted by Gasteiger charge is -2.28. The molecule has 1 unspecified atom stereocenters. The third-order valence-corrected chi connectivity index (χ3v) is 13.1. The summed E-state index contributed by atoms with van der Waals surface area (Å²) in [6.07, 6.45) is 2.08. The summed E-state index contributed by atoms with van der Waals surface area (Å²) in [6, 6.07) is 26.9. The zero-order valence-electron chi connectivity index (χ0n) is 35.0. The molecule has 0 fully saturated rings. The molecule has 332 valence electrons. The highest BCUT2D eigenvalue weighted by atomic mass is 32.2. The van der Waals surface area contributed by atoms with E-state index in [1.807, 2.05) is 105 Å². The van der Waals surface area contributed by atoms with Crippen molar-refractivity contribution in [3.63, 3.8) is 0 Å². The Bertz CT molecular complexity index is 2500. The van der Waals surface area contributed by atoms with Gasteiger partial charge >= 0.3 is 12.1 Å². The average molecular weight is 890 g/mol. The Balaban J connectivity index is 1.36. The number of para-hydroxylation sites is 1. The lowest BCUT2D eigenvalue weighted by molar-refractivity contribution is -0.142. The maximum absolute atomic E-state index is 14.0. The lowest BCUT2D eigenvalue weighted by atomic mass is 9.97. The number of rotatable bonds is 22. The average Bonchev–Trinajstić information content (AvgIpc) is 3.63. The summed E-state index contributed by atoms with van der Waals surface area (Å²) in [5.74, 6) is -4.00. The fraction of sp³-hybridized carbons (Fsp3) is 0.356. The summed E-state index contributed by atoms with van der Waals surface area (Å²) < 4.78 is 32.5. The fourth-order valence-corrected chi connectivity index (χ4v) is 9.85. The number of ether oxygens (including phenoxy) is 1. The van der Waals surface area contributed by atoms with Gasteiger partial charge in [0.2, 0.25) is 21.8 Å². The molecule has 0 aliphatic heterocycles. The number of sulfonamides is 1. The second kappa shape index (κ2) is 22.0. The maximum Gasteiger partial charge on any atom is 0.407 e. The first-order chi connectivity index (χ1) is 29.5. The van der Waals surface area contributed by atoms with E-state index >= 15 is 0 Å². The predicted octanol–water partition coefficient (Wildman–Crippen LogP) is 5.43. The largest absolute Gasteiger partial charge is 0.480 e. The van der Waals surface area contributed by atoms with Gasteiger partial charge < -0.3 is 40.6 Å². The molecule has 0 aliphatic carbocycles. The van der Waals surface area contributed by atoms with Gasteiger partial charge in [-0.25, -0.2) is 22.7 Å². The van der Waals surface area contributed by atoms with Crippen LogP contribution >= 0.6 is 7.34 Å². The summed E-state index contributed by atoms with van der Waals surface area (Å²) in [5.41, 5.74) is 2.73. The van der Waals surface area contributed by atoms with Crippen molar-refractivity contribution in [2.45, 2.75) is 71.1 Å². The molecule has 3 amide bonds. The molecule has 5 rings (SSSR count). The Hall–Kier alpha value is -5.51. The van der Waals surface area contributed by atoms with Crippen molar-refractivity contribution in [1.82, 2.24) is 25.7 Å². The third kappa shape index (κ3) is 14.6. The van der Waals surface area contributed by atoms with Crippen molar-refractivity contribution in [3.05, 3.63) is 120 Å². The van der Waals surface area contributed by atoms with Crippen LogP contribution in [0.2, 0.25) is 0 Å². The summed E-state index contributed by atoms with van der Waals surface area (Å²) in [7, 11) is -8.32. The zero-order valence-corrected chi connectivity index (χ0v) is 36.8. The minimum Gasteiger partial charge on any atom is -0.480 e. The molecule has 15 nitrogen and oxygen atoms in total. The number of aromatic amines is 1. The minimum absolute atomic E-state index is 0.00338. The first-order valence-electron chi connectivity index (χ1n) is 20.5. The molecule has 4 aromatic carbocycles. The van der Waals surface area contributed by atoms with Crippen LogP contribution in [0.5, 0.6) is 0 Å². The van der Waals surface area contributed by atoms with Crippen LogP contribution in [-0.2, 0) is 48.6 Å². The van der Waals surface area contributed by atoms with E-state index in [4.69, 9.17) is 4.74 Å². The highest BCUT2D eigenvalue weighted by molar-refractivity contribution is 7.88. The number of fused-ring (bicyclic) bond motifs is 2. The van der Waals surface area contributed by atoms with Gasteiger partial charge in [-0.1, -0.05) is 105 Å². The minimum atomic E-state index is -4.39. The molecular formula is C45H56N5O10PS. The number of amides is 3. The molecule has 17 heteroatoms. The van der Waals surface area contributed by atoms with Gasteiger partial charge in [-0.15, -0.1) is 0 Å². The Morgan fingerprint density at radius 3 is 2.23 bits per heavy atom. The maximum atomic E-state index is 14.0. The number of carbonyl (C=O) groups is 4. The summed E-state index contributed by atoms with van der Waals surface area (Å²) in [5, 5.41) is 20.7. The van der Waals surface area contributed by atoms with Crippen LogP contribution in [0, 0.1) is 11.8 Å². The number of carbonyl (C=O) groups excluding carboxylic acids is 3. The van der Waals surface area contributed by atoms with Crippen LogP contribution in [0.4, 0.5) is 4.79 Å². The number of carboxylic acid groups (broad SMARTS) is 1. The van der Waals surface area contributed by atoms with Crippen LogP contribution in [0.25, 0.3) is 21.7 Å². The molecule has 3 atom stereocenters. The Kier molecular flexibility index (Phi) is 16.9. The van der Waals surface area contributed by atoms with E-state index in [9.17, 15) is 42.5 Å². The van der Waals surface area contributed by atoms with Crippen molar-refractivity contribution in [2.75, 3.05) is 19.0 Å². The van der Waals surface area contributed by atoms with Gasteiger partial charge in [0, 0.05) is 48.6 Å². The van der Waals surface area contributed by atoms with E-state index < -0.39 is 65.4 Å². The second-order valence-corrected chi connectivity index (χ2v) is 20.1. The SMILES string of the molecule is CC(C)CC(CP(O)(O)=C(Cc1ccc2ccccc2c1)NC(=O)[C@H](CCCCNC(=O)OCc1ccccc1)NS(C)(=O)=O)C(=O)N[C@@H](Cc1c[nH]c2ccccc12)C(=O)O. The van der Waals surface area contributed by atoms with Crippen molar-refractivity contribution in [3.8, 4) is 0 Å². The number of aliphatic carboxylic acids is 1. The molecule has 0 bridgehead atoms. The van der Waals surface area contributed by atoms with Gasteiger partial charge in [-0.3, -0.25) is 9.59 Å². The van der Waals surface area contributed by atoms with Gasteiger partial charge in [0.15, 0.2) is 0 Å². The van der Waals surface area contributed by atoms with Crippen LogP contribution in [0.1, 0.15) is 56.2 Å². The van der Waals surface area contributed by atoms with Crippen LogP contribution in [-0.4, -0.2) is 88.6 Å². The quantitative estimate of drug-likeness (QED) is 0.0324. The number of unbranched alkanes of at least 4 members (excludes halogenated alkanes) is 1. The zero-order chi connectivity index (χ0) is 44.9. The predicted molar refractivity (Wildman–Crippen MR) is 242 cm³/mol. The molecule has 0 saturated heterocycles. The molecule has 8 N–H and O–H groups in total. The van der Waals surface area contributed by atoms with E-state index in [1.165, 1.54) is 0 Å². The first-order valence-corrected chi connectivity index (χ1v) is 24.2. The molecular weight excluding hydrogens is 834 g/mol. The van der Waals surface area contributed by atoms with Gasteiger partial charge in [0.25, 0.3) is 0 Å². The monoisotopic (exact) mass is 889 g/mol. The number of H-pyrrole nitrogens is 1. The van der Waals surface area contributed by atoms with E-state index in [-0.39, 0.29) is 56.6 Å². The standard InChI is InChI=1S/C45H56N5O10PS/c1-30(2)23-36(42(51)48-40(44(53)54)26-35-27-47-38-18-10-9-17-37(35)38)29-61(56,57)41(25-32-20-21-33-15-7-8-16-34(33)24-32)49-43(52)39(50-62(3,58)59)19-11-12-22-46-45(55)60-28-31-13-5-4-6-14-31/h4-10,13-18,20-21,24,27,30,36,39-40,47,50,56-57H,11-12,19,22-23,25-26,28-29H2,1-3H3,(H,46,55)(H,48,51)(H,49,52)(H,53,54)/t36?,39-,40-/m0/s1. The number of hydrogen-bond acceptors (Lipinski definition) is 9. The highest BCUT2D eigenvalue weighted by Crippen LogP contribution is 2.43. The van der Waals surface area contributed by atoms with Crippen LogP contribution in [0.15, 0.2) is 103 Å². The number of nitrogens with one attached hydrogen (secondary N) is 5. The molecule has 0 radical (unpaired) electrons. The lowest BCUT2D eigenvalue weighted by Crippen LogP contribution is -2.49. The van der Waals surface area contributed by atoms with E-state index in [2.05, 4.69) is 25.7 Å². The second-order valence-electron chi connectivity index (χ2n) is 15.9. The Morgan fingerprint density at radius 1 is 0.823 bits per heavy atom. The van der Waals surface area contributed by atoms with Crippen molar-refractivity contribution in [1.29, 1.82) is 0 Å². The van der Waals surface area contributed by atoms with Gasteiger partial charge in [0.05, 0.1) is 11.7 Å². The molecule has 0 saturated carbocycles. The topological polar surface area (TPSA) is 236 Å². The van der Waals surface area contributed by atoms with Crippen molar-refractivity contribution < 1.29 is 47.2 Å². The normalized spacial score (nSPS) is 13.3. The summed E-state index contributed by atoms with van der Waals surface area (Å²) >= 11 is 0. The van der Waals surface area contributed by atoms with Gasteiger partial charge in [-0.05, 0) is 65.1 Å². The molecule has 1 heterocycles. The third-order valence-electron chi connectivity index (χ3n) is 10.3. The van der Waals surface area contributed by atoms with Gasteiger partial charge in [0.1, 0.15) is 26.0 Å². The molecule has 5 aromatic rings. The Labute approximate surface area is 361 Å². The molecule has 1 aromatic heterocycles. The number of alkyl carbamates (subject to hydrolysis) is 1. The number of hydrogen-bond donors (Lipinski definition) is 8. The molecule has 0 aliphatic rings. The van der Waals surface area contributed by atoms with Crippen molar-refractivity contribution >= 4 is 68.3 Å². The Morgan fingerprint density at radius 2 is 1.52 bits per heavy atom. The van der Waals surface area contributed by atoms with Gasteiger partial charge in [-0.2, -0.15) is 0 Å². The smallest absolute Gasteiger partial charge is 0.407 e. The number of carboxylic acids is 1. The van der Waals surface area contributed by atoms with Crippen LogP contribution < -0.4 is 20.7 Å². The molecule has 62 heavy (non-hydrogen) atoms. The van der Waals surface area contributed by atoms with E-state index in [0.29, 0.717) is 17.5 Å². The first kappa shape index (κ1) is 47.5. The highest BCUT2D eigenvalue weighted by Gasteiger charge is 2.33. The van der Waals surface area contributed by atoms with Crippen LogP contribution in [0.3, 0.4) is 0 Å². The molecule has 0 spiro atoms. The fourth-order valence-electron chi connectivity index (χ4n) is 7.23. The van der Waals surface area contributed by atoms with E-state index in [1.54, 1.807) is 12.3 Å².